The van der Waals surface area contributed by atoms with Crippen molar-refractivity contribution >= 4 is 0 Å². The third-order valence-corrected chi connectivity index (χ3v) is 4.08. The second-order valence-corrected chi connectivity index (χ2v) is 6.34. The van der Waals surface area contributed by atoms with Crippen molar-refractivity contribution in [1.29, 1.82) is 10.5 Å². The molecule has 0 spiro atoms. The molecule has 0 aliphatic heterocycles. The smallest absolute Gasteiger partial charge is 0.417 e. The zero-order chi connectivity index (χ0) is 23.9. The van der Waals surface area contributed by atoms with E-state index in [-0.39, 0.29) is 31.3 Å². The predicted molar refractivity (Wildman–Crippen MR) is 98.7 cm³/mol. The van der Waals surface area contributed by atoms with Gasteiger partial charge in [-0.15, -0.1) is 0 Å². The van der Waals surface area contributed by atoms with E-state index in [0.717, 1.165) is 24.3 Å². The van der Waals surface area contributed by atoms with Crippen molar-refractivity contribution in [3.63, 3.8) is 0 Å². The first-order valence-corrected chi connectivity index (χ1v) is 9.09. The van der Waals surface area contributed by atoms with Gasteiger partial charge in [0.25, 0.3) is 0 Å². The van der Waals surface area contributed by atoms with Gasteiger partial charge in [0.15, 0.2) is 6.10 Å². The second-order valence-electron chi connectivity index (χ2n) is 6.34. The maximum absolute atomic E-state index is 13.1. The largest absolute Gasteiger partial charge is 0.490 e. The highest BCUT2D eigenvalue weighted by molar-refractivity contribution is 5.45. The number of hydrogen-bond acceptors (Lipinski definition) is 5. The lowest BCUT2D eigenvalue weighted by Gasteiger charge is -2.21. The topological polar surface area (TPSA) is 75.3 Å². The standard InChI is InChI=1S/C21H16F6N2O3/c1-2-30-11-17(32-16-6-4-14(10-29)19(8-16)21(25,26)27)12-31-15-5-3-13(9-28)18(7-15)20(22,23)24/h3-8,17H,2,11-12H2,1H3. The van der Waals surface area contributed by atoms with E-state index in [1.807, 2.05) is 0 Å². The number of ether oxygens (including phenoxy) is 3. The van der Waals surface area contributed by atoms with Gasteiger partial charge < -0.3 is 14.2 Å². The first-order chi connectivity index (χ1) is 15.0. The summed E-state index contributed by atoms with van der Waals surface area (Å²) in [6, 6.07) is 8.43. The number of halogens is 6. The van der Waals surface area contributed by atoms with E-state index in [0.29, 0.717) is 12.1 Å². The van der Waals surface area contributed by atoms with E-state index in [9.17, 15) is 26.3 Å². The summed E-state index contributed by atoms with van der Waals surface area (Å²) < 4.78 is 94.8. The Morgan fingerprint density at radius 1 is 0.812 bits per heavy atom. The van der Waals surface area contributed by atoms with Gasteiger partial charge in [-0.1, -0.05) is 0 Å². The van der Waals surface area contributed by atoms with Crippen LogP contribution in [0.2, 0.25) is 0 Å². The molecule has 0 amide bonds. The Balaban J connectivity index is 2.22. The minimum Gasteiger partial charge on any atom is -0.490 e. The molecule has 2 aromatic rings. The molecule has 0 N–H and O–H groups in total. The van der Waals surface area contributed by atoms with Gasteiger partial charge in [-0.25, -0.2) is 0 Å². The van der Waals surface area contributed by atoms with E-state index in [4.69, 9.17) is 24.7 Å². The molecule has 0 fully saturated rings. The van der Waals surface area contributed by atoms with Crippen molar-refractivity contribution < 1.29 is 40.6 Å². The van der Waals surface area contributed by atoms with Crippen LogP contribution in [-0.4, -0.2) is 25.9 Å². The lowest BCUT2D eigenvalue weighted by Crippen LogP contribution is -2.30. The summed E-state index contributed by atoms with van der Waals surface area (Å²) in [4.78, 5) is 0. The summed E-state index contributed by atoms with van der Waals surface area (Å²) in [6.45, 7) is 1.43. The summed E-state index contributed by atoms with van der Waals surface area (Å²) >= 11 is 0. The Morgan fingerprint density at radius 3 is 1.78 bits per heavy atom. The summed E-state index contributed by atoms with van der Waals surface area (Å²) in [5.74, 6) is -0.433. The molecule has 0 bridgehead atoms. The molecule has 2 aromatic carbocycles. The number of nitriles is 2. The molecule has 0 saturated heterocycles. The van der Waals surface area contributed by atoms with Crippen LogP contribution in [0.5, 0.6) is 11.5 Å². The third kappa shape index (κ3) is 6.53. The van der Waals surface area contributed by atoms with Crippen molar-refractivity contribution in [3.05, 3.63) is 58.7 Å². The molecule has 2 rings (SSSR count). The SMILES string of the molecule is CCOCC(COc1ccc(C#N)c(C(F)(F)F)c1)Oc1ccc(C#N)c(C(F)(F)F)c1. The summed E-state index contributed by atoms with van der Waals surface area (Å²) in [5, 5.41) is 17.7. The van der Waals surface area contributed by atoms with Crippen molar-refractivity contribution in [3.8, 4) is 23.6 Å². The van der Waals surface area contributed by atoms with Crippen molar-refractivity contribution in [2.45, 2.75) is 25.4 Å². The molecular formula is C21H16F6N2O3. The van der Waals surface area contributed by atoms with Crippen LogP contribution in [0, 0.1) is 22.7 Å². The van der Waals surface area contributed by atoms with Crippen LogP contribution in [-0.2, 0) is 17.1 Å². The van der Waals surface area contributed by atoms with E-state index < -0.39 is 40.7 Å². The average Bonchev–Trinajstić information content (AvgIpc) is 2.74. The molecule has 0 saturated carbocycles. The van der Waals surface area contributed by atoms with Crippen molar-refractivity contribution in [1.82, 2.24) is 0 Å². The van der Waals surface area contributed by atoms with Crippen LogP contribution >= 0.6 is 0 Å². The molecule has 1 unspecified atom stereocenters. The average molecular weight is 458 g/mol. The van der Waals surface area contributed by atoms with Crippen LogP contribution in [0.1, 0.15) is 29.2 Å². The van der Waals surface area contributed by atoms with Gasteiger partial charge in [-0.05, 0) is 43.3 Å². The van der Waals surface area contributed by atoms with Gasteiger partial charge in [0.1, 0.15) is 18.1 Å². The van der Waals surface area contributed by atoms with Gasteiger partial charge in [0.05, 0.1) is 41.0 Å². The molecule has 1 atom stereocenters. The Kier molecular flexibility index (Phi) is 7.95. The first-order valence-electron chi connectivity index (χ1n) is 9.09. The number of benzene rings is 2. The molecule has 0 heterocycles. The van der Waals surface area contributed by atoms with Gasteiger partial charge in [0.2, 0.25) is 0 Å². The van der Waals surface area contributed by atoms with E-state index in [1.54, 1.807) is 6.92 Å². The minimum absolute atomic E-state index is 0.125. The fourth-order valence-corrected chi connectivity index (χ4v) is 2.62. The number of rotatable bonds is 8. The minimum atomic E-state index is -4.78. The van der Waals surface area contributed by atoms with E-state index in [2.05, 4.69) is 0 Å². The molecule has 32 heavy (non-hydrogen) atoms. The molecule has 0 aliphatic rings. The molecule has 0 aromatic heterocycles. The summed E-state index contributed by atoms with van der Waals surface area (Å²) in [7, 11) is 0. The lowest BCUT2D eigenvalue weighted by molar-refractivity contribution is -0.138. The molecular weight excluding hydrogens is 442 g/mol. The predicted octanol–water partition coefficient (Wildman–Crippen LogP) is 5.33. The highest BCUT2D eigenvalue weighted by Gasteiger charge is 2.35. The molecule has 170 valence electrons. The maximum Gasteiger partial charge on any atom is 0.417 e. The fraction of sp³-hybridized carbons (Fsp3) is 0.333. The highest BCUT2D eigenvalue weighted by atomic mass is 19.4. The van der Waals surface area contributed by atoms with Gasteiger partial charge in [0, 0.05) is 6.61 Å². The molecule has 0 aliphatic carbocycles. The Labute approximate surface area is 179 Å². The number of nitrogens with zero attached hydrogens (tertiary/aromatic N) is 2. The van der Waals surface area contributed by atoms with Crippen LogP contribution < -0.4 is 9.47 Å². The van der Waals surface area contributed by atoms with Crippen LogP contribution in [0.4, 0.5) is 26.3 Å². The Hall–Kier alpha value is -3.44. The summed E-state index contributed by atoms with van der Waals surface area (Å²) in [6.07, 6.45) is -10.5. The van der Waals surface area contributed by atoms with E-state index >= 15 is 0 Å². The normalized spacial score (nSPS) is 12.5. The quantitative estimate of drug-likeness (QED) is 0.500. The zero-order valence-corrected chi connectivity index (χ0v) is 16.5. The van der Waals surface area contributed by atoms with Crippen LogP contribution in [0.15, 0.2) is 36.4 Å². The number of alkyl halides is 6. The van der Waals surface area contributed by atoms with Crippen LogP contribution in [0.25, 0.3) is 0 Å². The van der Waals surface area contributed by atoms with Gasteiger partial charge >= 0.3 is 12.4 Å². The fourth-order valence-electron chi connectivity index (χ4n) is 2.62. The molecule has 11 heteroatoms. The highest BCUT2D eigenvalue weighted by Crippen LogP contribution is 2.35. The lowest BCUT2D eigenvalue weighted by atomic mass is 10.1. The third-order valence-electron chi connectivity index (χ3n) is 4.08. The maximum atomic E-state index is 13.1. The van der Waals surface area contributed by atoms with E-state index in [1.165, 1.54) is 12.1 Å². The van der Waals surface area contributed by atoms with Crippen molar-refractivity contribution in [2.75, 3.05) is 19.8 Å². The van der Waals surface area contributed by atoms with Gasteiger partial charge in [-0.2, -0.15) is 36.9 Å². The monoisotopic (exact) mass is 458 g/mol. The van der Waals surface area contributed by atoms with Crippen LogP contribution in [0.3, 0.4) is 0 Å². The zero-order valence-electron chi connectivity index (χ0n) is 16.5. The molecule has 0 radical (unpaired) electrons. The second kappa shape index (κ2) is 10.2. The van der Waals surface area contributed by atoms with Crippen molar-refractivity contribution in [2.24, 2.45) is 0 Å². The number of hydrogen-bond donors (Lipinski definition) is 0. The molecule has 5 nitrogen and oxygen atoms in total. The summed E-state index contributed by atoms with van der Waals surface area (Å²) in [5.41, 5.74) is -3.53. The van der Waals surface area contributed by atoms with Gasteiger partial charge in [-0.3, -0.25) is 0 Å². The first kappa shape index (κ1) is 24.8. The Morgan fingerprint density at radius 2 is 1.31 bits per heavy atom. The Bertz CT molecular complexity index is 1020.